The number of rotatable bonds is 4. The van der Waals surface area contributed by atoms with Crippen LogP contribution in [0.3, 0.4) is 0 Å². The molecule has 0 unspecified atom stereocenters. The standard InChI is InChI=1S/4C25H18BN/c1-17-15-20-19-11-5-7-13-23(19)27-24-14-8-6-12-21(24)26(22(16-17)25(20)27)18-9-3-2-4-10-18;1-17-15-16-21-25-24(17)19-11-5-7-13-22(19)27(25)23-14-8-6-12-20(23)26(21)18-9-3-2-4-10-18;1-17-14-15-19-20-10-7-12-22-25(20)27(24(19)16-17)23-13-6-5-11-21(23)26(22)18-8-3-2-4-9-18;1-17-14-15-23-20(16-17)19-10-7-12-22-25(19)27(23)24-13-6-5-11-21(24)26(22)18-8-3-2-4-9-18/h4*2-16H,1H3. The van der Waals surface area contributed by atoms with E-state index in [0.29, 0.717) is 0 Å². The highest BCUT2D eigenvalue weighted by Crippen LogP contribution is 2.39. The molecule has 4 aliphatic heterocycles. The largest absolute Gasteiger partial charge is 0.310 e. The van der Waals surface area contributed by atoms with Crippen molar-refractivity contribution in [1.82, 2.24) is 18.3 Å². The summed E-state index contributed by atoms with van der Waals surface area (Å²) < 4.78 is 9.88. The third-order valence-electron chi connectivity index (χ3n) is 23.7. The monoisotopic (exact) mass is 1370 g/mol. The molecular formula is C100H72B4N4. The fourth-order valence-electron chi connectivity index (χ4n) is 19.3. The van der Waals surface area contributed by atoms with Crippen LogP contribution in [0.25, 0.3) is 110 Å². The van der Waals surface area contributed by atoms with Crippen molar-refractivity contribution in [3.05, 3.63) is 386 Å². The number of aromatic nitrogens is 4. The van der Waals surface area contributed by atoms with Gasteiger partial charge in [0.05, 0.1) is 22.1 Å². The van der Waals surface area contributed by atoms with Gasteiger partial charge in [0, 0.05) is 87.9 Å². The van der Waals surface area contributed by atoms with Gasteiger partial charge in [0.1, 0.15) is 0 Å². The molecule has 20 aromatic rings. The Hall–Kier alpha value is -13.0. The summed E-state index contributed by atoms with van der Waals surface area (Å²) in [5.41, 5.74) is 37.6. The van der Waals surface area contributed by atoms with Crippen LogP contribution in [-0.2, 0) is 0 Å². The summed E-state index contributed by atoms with van der Waals surface area (Å²) in [7, 11) is 0. The van der Waals surface area contributed by atoms with Crippen LogP contribution in [0, 0.1) is 27.7 Å². The van der Waals surface area contributed by atoms with Crippen LogP contribution in [0.2, 0.25) is 0 Å². The lowest BCUT2D eigenvalue weighted by molar-refractivity contribution is 1.19. The van der Waals surface area contributed by atoms with Crippen molar-refractivity contribution in [2.45, 2.75) is 27.7 Å². The highest BCUT2D eigenvalue weighted by Gasteiger charge is 2.38. The second kappa shape index (κ2) is 25.4. The van der Waals surface area contributed by atoms with Crippen LogP contribution in [-0.4, -0.2) is 45.1 Å². The van der Waals surface area contributed by atoms with Gasteiger partial charge in [0.15, 0.2) is 0 Å². The number of hydrogen-bond acceptors (Lipinski definition) is 0. The molecule has 4 nitrogen and oxygen atoms in total. The van der Waals surface area contributed by atoms with E-state index >= 15 is 0 Å². The van der Waals surface area contributed by atoms with Gasteiger partial charge in [0.2, 0.25) is 26.9 Å². The fraction of sp³-hybridized carbons (Fsp3) is 0.0400. The molecule has 4 aromatic heterocycles. The van der Waals surface area contributed by atoms with E-state index in [9.17, 15) is 0 Å². The number of hydrogen-bond donors (Lipinski definition) is 0. The van der Waals surface area contributed by atoms with Crippen molar-refractivity contribution in [2.75, 3.05) is 0 Å². The lowest BCUT2D eigenvalue weighted by Gasteiger charge is -2.27. The van der Waals surface area contributed by atoms with E-state index in [0.717, 1.165) is 0 Å². The summed E-state index contributed by atoms with van der Waals surface area (Å²) in [6, 6.07) is 133. The molecule has 0 radical (unpaired) electrons. The van der Waals surface area contributed by atoms with Gasteiger partial charge in [-0.15, -0.1) is 0 Å². The number of aryl methyl sites for hydroxylation is 4. The molecule has 0 saturated heterocycles. The van der Waals surface area contributed by atoms with Gasteiger partial charge >= 0.3 is 0 Å². The van der Waals surface area contributed by atoms with Crippen LogP contribution in [0.5, 0.6) is 0 Å². The molecule has 0 spiro atoms. The summed E-state index contributed by atoms with van der Waals surface area (Å²) >= 11 is 0. The molecule has 8 heteroatoms. The van der Waals surface area contributed by atoms with Crippen LogP contribution < -0.4 is 65.6 Å². The molecule has 108 heavy (non-hydrogen) atoms. The Morgan fingerprint density at radius 1 is 0.185 bits per heavy atom. The molecule has 0 N–H and O–H groups in total. The second-order valence-corrected chi connectivity index (χ2v) is 30.0. The minimum Gasteiger partial charge on any atom is -0.310 e. The van der Waals surface area contributed by atoms with Crippen molar-refractivity contribution in [2.24, 2.45) is 0 Å². The summed E-state index contributed by atoms with van der Waals surface area (Å²) in [5, 5.41) is 10.8. The molecule has 504 valence electrons. The Bertz CT molecular complexity index is 6910. The molecular weight excluding hydrogens is 1300 g/mol. The van der Waals surface area contributed by atoms with Crippen molar-refractivity contribution in [3.63, 3.8) is 0 Å². The quantitative estimate of drug-likeness (QED) is 0.157. The average molecular weight is 1370 g/mol. The SMILES string of the molecule is Cc1cc2c3c(c1)c1ccccc1n3-c1ccccc1B2c1ccccc1.Cc1ccc2c(c1)c1cccc3c1n2-c1ccccc1B3c1ccccc1.Cc1ccc2c3c1c1ccccc1n3-c1ccccc1B2c1ccccc1.Cc1ccc2c3cccc4c3n(c2c1)-c1ccccc1B4c1ccccc1. The minimum absolute atomic E-state index is 0.265. The number of fused-ring (bicyclic) bond motifs is 20. The van der Waals surface area contributed by atoms with E-state index in [4.69, 9.17) is 0 Å². The molecule has 0 saturated carbocycles. The van der Waals surface area contributed by atoms with Gasteiger partial charge in [-0.2, -0.15) is 0 Å². The normalized spacial score (nSPS) is 12.6. The van der Waals surface area contributed by atoms with E-state index in [1.807, 2.05) is 0 Å². The Morgan fingerprint density at radius 3 is 1.03 bits per heavy atom. The third kappa shape index (κ3) is 9.75. The number of benzene rings is 16. The molecule has 16 aromatic carbocycles. The third-order valence-corrected chi connectivity index (χ3v) is 23.7. The minimum atomic E-state index is 0.265. The van der Waals surface area contributed by atoms with Gasteiger partial charge in [-0.1, -0.05) is 336 Å². The van der Waals surface area contributed by atoms with Gasteiger partial charge in [-0.05, 0) is 143 Å². The van der Waals surface area contributed by atoms with Gasteiger partial charge < -0.3 is 18.3 Å². The Labute approximate surface area is 630 Å². The maximum atomic E-state index is 2.47. The highest BCUT2D eigenvalue weighted by molar-refractivity contribution is 7.00. The van der Waals surface area contributed by atoms with Crippen LogP contribution in [0.15, 0.2) is 364 Å². The van der Waals surface area contributed by atoms with E-state index in [2.05, 4.69) is 410 Å². The van der Waals surface area contributed by atoms with E-state index < -0.39 is 0 Å². The Kier molecular flexibility index (Phi) is 14.9. The average Bonchev–Trinajstić information content (AvgIpc) is 1.54. The molecule has 0 bridgehead atoms. The maximum Gasteiger partial charge on any atom is 0.246 e. The van der Waals surface area contributed by atoms with Crippen molar-refractivity contribution < 1.29 is 0 Å². The summed E-state index contributed by atoms with van der Waals surface area (Å²) in [4.78, 5) is 0. The summed E-state index contributed by atoms with van der Waals surface area (Å²) in [6.07, 6.45) is 0. The van der Waals surface area contributed by atoms with Crippen LogP contribution in [0.1, 0.15) is 22.3 Å². The van der Waals surface area contributed by atoms with Gasteiger partial charge in [0.25, 0.3) is 0 Å². The zero-order chi connectivity index (χ0) is 71.8. The zero-order valence-electron chi connectivity index (χ0n) is 60.7. The van der Waals surface area contributed by atoms with E-state index in [1.54, 1.807) is 0 Å². The first-order valence-electron chi connectivity index (χ1n) is 38.0. The molecule has 0 atom stereocenters. The predicted octanol–water partition coefficient (Wildman–Crippen LogP) is 15.7. The van der Waals surface area contributed by atoms with E-state index in [-0.39, 0.29) is 26.9 Å². The van der Waals surface area contributed by atoms with Crippen LogP contribution in [0.4, 0.5) is 0 Å². The van der Waals surface area contributed by atoms with Gasteiger partial charge in [-0.25, -0.2) is 0 Å². The van der Waals surface area contributed by atoms with Crippen molar-refractivity contribution >= 4 is 180 Å². The molecule has 0 aliphatic carbocycles. The first-order valence-corrected chi connectivity index (χ1v) is 38.0. The van der Waals surface area contributed by atoms with E-state index in [1.165, 1.54) is 198 Å². The maximum absolute atomic E-state index is 2.47. The molecule has 24 rings (SSSR count). The predicted molar refractivity (Wildman–Crippen MR) is 466 cm³/mol. The molecule has 4 aliphatic rings. The molecule has 0 fully saturated rings. The lowest BCUT2D eigenvalue weighted by atomic mass is 9.35. The number of nitrogens with zero attached hydrogens (tertiary/aromatic N) is 4. The van der Waals surface area contributed by atoms with Crippen LogP contribution >= 0.6 is 0 Å². The first kappa shape index (κ1) is 63.5. The van der Waals surface area contributed by atoms with Gasteiger partial charge in [-0.3, -0.25) is 0 Å². The van der Waals surface area contributed by atoms with Crippen molar-refractivity contribution in [1.29, 1.82) is 0 Å². The second-order valence-electron chi connectivity index (χ2n) is 30.0. The smallest absolute Gasteiger partial charge is 0.246 e. The molecule has 8 heterocycles. The number of para-hydroxylation sites is 8. The highest BCUT2D eigenvalue weighted by atomic mass is 15.0. The Morgan fingerprint density at radius 2 is 0.519 bits per heavy atom. The molecule has 0 amide bonds. The Balaban J connectivity index is 0.0000000919. The fourth-order valence-corrected chi connectivity index (χ4v) is 19.3. The summed E-state index contributed by atoms with van der Waals surface area (Å²) in [5.74, 6) is 0. The zero-order valence-corrected chi connectivity index (χ0v) is 60.7. The topological polar surface area (TPSA) is 19.7 Å². The summed E-state index contributed by atoms with van der Waals surface area (Å²) in [6.45, 7) is 9.86. The van der Waals surface area contributed by atoms with Crippen molar-refractivity contribution in [3.8, 4) is 22.7 Å². The lowest BCUT2D eigenvalue weighted by Crippen LogP contribution is -2.55. The first-order chi connectivity index (χ1) is 53.3.